The summed E-state index contributed by atoms with van der Waals surface area (Å²) in [6.07, 6.45) is 3.78. The normalized spacial score (nSPS) is 17.1. The van der Waals surface area contributed by atoms with E-state index in [9.17, 15) is 14.4 Å². The number of rotatable bonds is 7. The Labute approximate surface area is 205 Å². The van der Waals surface area contributed by atoms with E-state index in [1.807, 2.05) is 41.5 Å². The summed E-state index contributed by atoms with van der Waals surface area (Å²) in [7, 11) is 0. The number of nitrogens with one attached hydrogen (secondary N) is 1. The monoisotopic (exact) mass is 483 g/mol. The van der Waals surface area contributed by atoms with Gasteiger partial charge in [0.15, 0.2) is 0 Å². The van der Waals surface area contributed by atoms with Crippen LogP contribution in [0.5, 0.6) is 0 Å². The second-order valence-corrected chi connectivity index (χ2v) is 9.95. The minimum atomic E-state index is -0.434. The predicted octanol–water partition coefficient (Wildman–Crippen LogP) is 4.17. The van der Waals surface area contributed by atoms with E-state index >= 15 is 0 Å². The van der Waals surface area contributed by atoms with Crippen LogP contribution in [0.2, 0.25) is 0 Å². The third-order valence-electron chi connectivity index (χ3n) is 6.61. The van der Waals surface area contributed by atoms with Gasteiger partial charge in [0.2, 0.25) is 11.8 Å². The van der Waals surface area contributed by atoms with Crippen molar-refractivity contribution >= 4 is 34.1 Å². The molecule has 7 nitrogen and oxygen atoms in total. The summed E-state index contributed by atoms with van der Waals surface area (Å²) in [6.45, 7) is 7.51. The number of amides is 2. The van der Waals surface area contributed by atoms with E-state index < -0.39 is 5.97 Å². The minimum absolute atomic E-state index is 0.0715. The van der Waals surface area contributed by atoms with Crippen molar-refractivity contribution in [3.05, 3.63) is 40.8 Å². The van der Waals surface area contributed by atoms with Crippen molar-refractivity contribution in [1.29, 1.82) is 0 Å². The van der Waals surface area contributed by atoms with Crippen molar-refractivity contribution in [1.82, 2.24) is 9.80 Å². The Balaban J connectivity index is 1.38. The van der Waals surface area contributed by atoms with Gasteiger partial charge in [-0.2, -0.15) is 0 Å². The third kappa shape index (κ3) is 5.67. The van der Waals surface area contributed by atoms with Crippen LogP contribution in [-0.4, -0.2) is 66.9 Å². The van der Waals surface area contributed by atoms with Crippen molar-refractivity contribution in [2.45, 2.75) is 39.5 Å². The van der Waals surface area contributed by atoms with Crippen molar-refractivity contribution < 1.29 is 19.1 Å². The molecule has 0 radical (unpaired) electrons. The maximum Gasteiger partial charge on any atom is 0.341 e. The summed E-state index contributed by atoms with van der Waals surface area (Å²) in [5, 5.41) is 5.34. The van der Waals surface area contributed by atoms with Crippen LogP contribution in [0.1, 0.15) is 48.5 Å². The lowest BCUT2D eigenvalue weighted by atomic mass is 9.95. The van der Waals surface area contributed by atoms with Crippen LogP contribution >= 0.6 is 11.3 Å². The van der Waals surface area contributed by atoms with Gasteiger partial charge >= 0.3 is 5.97 Å². The number of piperidine rings is 1. The van der Waals surface area contributed by atoms with Gasteiger partial charge in [-0.25, -0.2) is 4.79 Å². The van der Waals surface area contributed by atoms with E-state index in [-0.39, 0.29) is 30.9 Å². The maximum atomic E-state index is 12.9. The number of thiophene rings is 1. The van der Waals surface area contributed by atoms with Crippen LogP contribution in [0.25, 0.3) is 11.1 Å². The Kier molecular flexibility index (Phi) is 8.00. The smallest absolute Gasteiger partial charge is 0.341 e. The number of esters is 1. The first-order valence-electron chi connectivity index (χ1n) is 12.1. The van der Waals surface area contributed by atoms with Crippen LogP contribution in [0.15, 0.2) is 29.6 Å². The molecule has 2 amide bonds. The van der Waals surface area contributed by atoms with Gasteiger partial charge in [-0.3, -0.25) is 14.5 Å². The molecule has 182 valence electrons. The topological polar surface area (TPSA) is 79.0 Å². The van der Waals surface area contributed by atoms with E-state index in [2.05, 4.69) is 10.2 Å². The molecule has 2 aliphatic heterocycles. The largest absolute Gasteiger partial charge is 0.462 e. The van der Waals surface area contributed by atoms with E-state index in [1.165, 1.54) is 11.3 Å². The van der Waals surface area contributed by atoms with E-state index in [0.717, 1.165) is 68.6 Å². The molecule has 0 unspecified atom stereocenters. The number of anilines is 1. The number of carbonyl (C=O) groups excluding carboxylic acids is 3. The molecule has 0 saturated carbocycles. The molecular weight excluding hydrogens is 450 g/mol. The first-order chi connectivity index (χ1) is 16.5. The standard InChI is InChI=1S/C26H33N3O4S/c1-3-33-26(32)23-21(19-8-6-18(2)7-9-19)17-34-24(23)27-22(30)16-28-14-10-20(11-15-28)25(31)29-12-4-5-13-29/h6-9,17,20H,3-5,10-16H2,1-2H3,(H,27,30). The molecule has 0 aliphatic carbocycles. The molecule has 4 rings (SSSR count). The molecular formula is C26H33N3O4S. The minimum Gasteiger partial charge on any atom is -0.462 e. The zero-order chi connectivity index (χ0) is 24.1. The number of carbonyl (C=O) groups is 3. The van der Waals surface area contributed by atoms with Crippen molar-refractivity contribution in [2.24, 2.45) is 5.92 Å². The molecule has 2 aliphatic rings. The number of nitrogens with zero attached hydrogens (tertiary/aromatic N) is 2. The van der Waals surface area contributed by atoms with Gasteiger partial charge in [0, 0.05) is 30.0 Å². The quantitative estimate of drug-likeness (QED) is 0.598. The van der Waals surface area contributed by atoms with Crippen LogP contribution in [-0.2, 0) is 14.3 Å². The fraction of sp³-hybridized carbons (Fsp3) is 0.500. The summed E-state index contributed by atoms with van der Waals surface area (Å²) in [6, 6.07) is 7.94. The zero-order valence-electron chi connectivity index (χ0n) is 20.0. The molecule has 1 N–H and O–H groups in total. The molecule has 0 spiro atoms. The first-order valence-corrected chi connectivity index (χ1v) is 13.0. The zero-order valence-corrected chi connectivity index (χ0v) is 20.8. The average molecular weight is 484 g/mol. The highest BCUT2D eigenvalue weighted by molar-refractivity contribution is 7.15. The molecule has 0 bridgehead atoms. The highest BCUT2D eigenvalue weighted by atomic mass is 32.1. The highest BCUT2D eigenvalue weighted by Gasteiger charge is 2.30. The molecule has 1 aromatic heterocycles. The number of aryl methyl sites for hydroxylation is 1. The van der Waals surface area contributed by atoms with Gasteiger partial charge in [0.05, 0.1) is 13.2 Å². The van der Waals surface area contributed by atoms with Crippen molar-refractivity contribution in [3.63, 3.8) is 0 Å². The second kappa shape index (κ2) is 11.1. The Bertz CT molecular complexity index is 1020. The summed E-state index contributed by atoms with van der Waals surface area (Å²) < 4.78 is 5.29. The van der Waals surface area contributed by atoms with Crippen LogP contribution in [0, 0.1) is 12.8 Å². The van der Waals surface area contributed by atoms with Gasteiger partial charge in [-0.1, -0.05) is 29.8 Å². The lowest BCUT2D eigenvalue weighted by molar-refractivity contribution is -0.136. The number of ether oxygens (including phenoxy) is 1. The number of hydrogen-bond donors (Lipinski definition) is 1. The molecule has 34 heavy (non-hydrogen) atoms. The predicted molar refractivity (Wildman–Crippen MR) is 134 cm³/mol. The van der Waals surface area contributed by atoms with Crippen LogP contribution in [0.3, 0.4) is 0 Å². The maximum absolute atomic E-state index is 12.9. The number of likely N-dealkylation sites (tertiary alicyclic amines) is 2. The summed E-state index contributed by atoms with van der Waals surface area (Å²) in [4.78, 5) is 42.3. The molecule has 2 fully saturated rings. The van der Waals surface area contributed by atoms with E-state index in [0.29, 0.717) is 10.6 Å². The highest BCUT2D eigenvalue weighted by Crippen LogP contribution is 2.36. The van der Waals surface area contributed by atoms with Crippen LogP contribution < -0.4 is 5.32 Å². The summed E-state index contributed by atoms with van der Waals surface area (Å²) in [5.74, 6) is -0.242. The average Bonchev–Trinajstić information content (AvgIpc) is 3.50. The van der Waals surface area contributed by atoms with Gasteiger partial charge < -0.3 is 15.0 Å². The van der Waals surface area contributed by atoms with Crippen molar-refractivity contribution in [2.75, 3.05) is 44.6 Å². The SMILES string of the molecule is CCOC(=O)c1c(-c2ccc(C)cc2)csc1NC(=O)CN1CCC(C(=O)N2CCCC2)CC1. The van der Waals surface area contributed by atoms with Crippen LogP contribution in [0.4, 0.5) is 5.00 Å². The van der Waals surface area contributed by atoms with Gasteiger partial charge in [-0.05, 0) is 58.2 Å². The van der Waals surface area contributed by atoms with Gasteiger partial charge in [0.1, 0.15) is 10.6 Å². The lowest BCUT2D eigenvalue weighted by Crippen LogP contribution is -2.43. The van der Waals surface area contributed by atoms with E-state index in [1.54, 1.807) is 6.92 Å². The Morgan fingerprint density at radius 3 is 2.38 bits per heavy atom. The molecule has 0 atom stereocenters. The molecule has 2 saturated heterocycles. The summed E-state index contributed by atoms with van der Waals surface area (Å²) in [5.41, 5.74) is 3.21. The Hall–Kier alpha value is -2.71. The lowest BCUT2D eigenvalue weighted by Gasteiger charge is -2.32. The molecule has 2 aromatic rings. The van der Waals surface area contributed by atoms with Gasteiger partial charge in [-0.15, -0.1) is 11.3 Å². The summed E-state index contributed by atoms with van der Waals surface area (Å²) >= 11 is 1.34. The fourth-order valence-electron chi connectivity index (χ4n) is 4.70. The third-order valence-corrected chi connectivity index (χ3v) is 7.50. The first kappa shape index (κ1) is 24.4. The fourth-order valence-corrected chi connectivity index (χ4v) is 5.68. The van der Waals surface area contributed by atoms with Crippen molar-refractivity contribution in [3.8, 4) is 11.1 Å². The second-order valence-electron chi connectivity index (χ2n) is 9.07. The van der Waals surface area contributed by atoms with E-state index in [4.69, 9.17) is 4.74 Å². The number of hydrogen-bond acceptors (Lipinski definition) is 6. The van der Waals surface area contributed by atoms with Gasteiger partial charge in [0.25, 0.3) is 0 Å². The molecule has 8 heteroatoms. The Morgan fingerprint density at radius 2 is 1.74 bits per heavy atom. The number of benzene rings is 1. The molecule has 3 heterocycles. The molecule has 1 aromatic carbocycles. The Morgan fingerprint density at radius 1 is 1.06 bits per heavy atom.